The van der Waals surface area contributed by atoms with E-state index in [2.05, 4.69) is 46.7 Å². The van der Waals surface area contributed by atoms with Crippen LogP contribution in [0.3, 0.4) is 0 Å². The quantitative estimate of drug-likeness (QED) is 0.808. The molecule has 1 aromatic carbocycles. The topological polar surface area (TPSA) is 37.8 Å². The van der Waals surface area contributed by atoms with Crippen molar-refractivity contribution < 1.29 is 0 Å². The number of hydrogen-bond acceptors (Lipinski definition) is 3. The van der Waals surface area contributed by atoms with Gasteiger partial charge in [-0.3, -0.25) is 0 Å². The molecule has 2 aromatic rings. The van der Waals surface area contributed by atoms with Gasteiger partial charge in [0.1, 0.15) is 5.82 Å². The molecule has 4 heteroatoms. The minimum Gasteiger partial charge on any atom is -0.369 e. The summed E-state index contributed by atoms with van der Waals surface area (Å²) in [7, 11) is 0. The Labute approximate surface area is 128 Å². The van der Waals surface area contributed by atoms with Crippen molar-refractivity contribution in [3.63, 3.8) is 0 Å². The van der Waals surface area contributed by atoms with Crippen LogP contribution in [0.1, 0.15) is 26.0 Å². The molecule has 3 nitrogen and oxygen atoms in total. The molecule has 0 spiro atoms. The first-order chi connectivity index (χ1) is 9.26. The van der Waals surface area contributed by atoms with Crippen molar-refractivity contribution in [3.05, 3.63) is 39.6 Å². The molecule has 0 amide bonds. The Balaban J connectivity index is 2.49. The van der Waals surface area contributed by atoms with Crippen LogP contribution < -0.4 is 5.32 Å². The number of rotatable bonds is 5. The monoisotopic (exact) mass is 367 g/mol. The highest BCUT2D eigenvalue weighted by Crippen LogP contribution is 2.24. The zero-order chi connectivity index (χ0) is 13.7. The molecule has 0 fully saturated rings. The van der Waals surface area contributed by atoms with E-state index in [0.717, 1.165) is 45.9 Å². The van der Waals surface area contributed by atoms with Gasteiger partial charge < -0.3 is 5.32 Å². The summed E-state index contributed by atoms with van der Waals surface area (Å²) in [6, 6.07) is 10.1. The first kappa shape index (κ1) is 14.2. The molecule has 0 aliphatic rings. The number of benzene rings is 1. The van der Waals surface area contributed by atoms with Crippen molar-refractivity contribution in [2.75, 3.05) is 11.9 Å². The lowest BCUT2D eigenvalue weighted by molar-refractivity contribution is 0.867. The van der Waals surface area contributed by atoms with Crippen molar-refractivity contribution in [3.8, 4) is 11.4 Å². The van der Waals surface area contributed by atoms with Crippen molar-refractivity contribution in [1.29, 1.82) is 0 Å². The number of hydrogen-bond donors (Lipinski definition) is 1. The SMILES string of the molecule is CCCc1nc(-c2ccccc2)nc(NCC)c1I. The fraction of sp³-hybridized carbons (Fsp3) is 0.333. The molecule has 0 bridgehead atoms. The lowest BCUT2D eigenvalue weighted by Crippen LogP contribution is -2.08. The van der Waals surface area contributed by atoms with Gasteiger partial charge in [-0.1, -0.05) is 43.7 Å². The van der Waals surface area contributed by atoms with Gasteiger partial charge in [0.15, 0.2) is 5.82 Å². The van der Waals surface area contributed by atoms with E-state index in [-0.39, 0.29) is 0 Å². The normalized spacial score (nSPS) is 10.5. The van der Waals surface area contributed by atoms with Crippen LogP contribution in [0.4, 0.5) is 5.82 Å². The van der Waals surface area contributed by atoms with Crippen LogP contribution in [0.5, 0.6) is 0 Å². The van der Waals surface area contributed by atoms with Crippen molar-refractivity contribution in [1.82, 2.24) is 9.97 Å². The molecule has 1 aromatic heterocycles. The summed E-state index contributed by atoms with van der Waals surface area (Å²) in [5.41, 5.74) is 2.20. The smallest absolute Gasteiger partial charge is 0.161 e. The third-order valence-corrected chi connectivity index (χ3v) is 3.92. The first-order valence-corrected chi connectivity index (χ1v) is 7.69. The van der Waals surface area contributed by atoms with Gasteiger partial charge in [0.05, 0.1) is 9.26 Å². The summed E-state index contributed by atoms with van der Waals surface area (Å²) in [4.78, 5) is 9.36. The van der Waals surface area contributed by atoms with E-state index >= 15 is 0 Å². The minimum atomic E-state index is 0.806. The van der Waals surface area contributed by atoms with Crippen LogP contribution in [-0.4, -0.2) is 16.5 Å². The van der Waals surface area contributed by atoms with E-state index in [9.17, 15) is 0 Å². The Morgan fingerprint density at radius 3 is 2.47 bits per heavy atom. The fourth-order valence-corrected chi connectivity index (χ4v) is 2.60. The molecule has 0 unspecified atom stereocenters. The summed E-state index contributed by atoms with van der Waals surface area (Å²) in [5.74, 6) is 1.75. The van der Waals surface area contributed by atoms with Gasteiger partial charge >= 0.3 is 0 Å². The molecule has 1 N–H and O–H groups in total. The van der Waals surface area contributed by atoms with E-state index in [1.165, 1.54) is 0 Å². The maximum absolute atomic E-state index is 4.72. The molecule has 2 rings (SSSR count). The van der Waals surface area contributed by atoms with Crippen LogP contribution in [0.2, 0.25) is 0 Å². The predicted octanol–water partition coefficient (Wildman–Crippen LogP) is 4.13. The average Bonchev–Trinajstić information content (AvgIpc) is 2.44. The summed E-state index contributed by atoms with van der Waals surface area (Å²) < 4.78 is 1.14. The largest absolute Gasteiger partial charge is 0.369 e. The molecular formula is C15H18IN3. The predicted molar refractivity (Wildman–Crippen MR) is 88.3 cm³/mol. The van der Waals surface area contributed by atoms with Gasteiger partial charge in [-0.15, -0.1) is 0 Å². The molecule has 0 saturated carbocycles. The van der Waals surface area contributed by atoms with E-state index in [0.29, 0.717) is 0 Å². The second-order valence-electron chi connectivity index (χ2n) is 4.30. The summed E-state index contributed by atoms with van der Waals surface area (Å²) in [6.07, 6.45) is 2.08. The van der Waals surface area contributed by atoms with Gasteiger partial charge in [0.25, 0.3) is 0 Å². The minimum absolute atomic E-state index is 0.806. The van der Waals surface area contributed by atoms with Gasteiger partial charge in [0.2, 0.25) is 0 Å². The molecule has 19 heavy (non-hydrogen) atoms. The molecule has 100 valence electrons. The van der Waals surface area contributed by atoms with Crippen molar-refractivity contribution in [2.24, 2.45) is 0 Å². The van der Waals surface area contributed by atoms with Crippen LogP contribution in [0.15, 0.2) is 30.3 Å². The number of halogens is 1. The Kier molecular flexibility index (Phi) is 5.13. The van der Waals surface area contributed by atoms with Gasteiger partial charge in [-0.25, -0.2) is 9.97 Å². The first-order valence-electron chi connectivity index (χ1n) is 6.62. The molecule has 0 aliphatic carbocycles. The van der Waals surface area contributed by atoms with Crippen LogP contribution in [0, 0.1) is 3.57 Å². The number of nitrogens with one attached hydrogen (secondary N) is 1. The highest BCUT2D eigenvalue weighted by molar-refractivity contribution is 14.1. The van der Waals surface area contributed by atoms with Crippen molar-refractivity contribution >= 4 is 28.4 Å². The molecule has 0 aliphatic heterocycles. The van der Waals surface area contributed by atoms with Gasteiger partial charge in [-0.05, 0) is 35.9 Å². The second kappa shape index (κ2) is 6.84. The van der Waals surface area contributed by atoms with Gasteiger partial charge in [-0.2, -0.15) is 0 Å². The highest BCUT2D eigenvalue weighted by Gasteiger charge is 2.12. The Morgan fingerprint density at radius 2 is 1.84 bits per heavy atom. The third kappa shape index (κ3) is 3.43. The van der Waals surface area contributed by atoms with Gasteiger partial charge in [0, 0.05) is 12.1 Å². The molecule has 0 radical (unpaired) electrons. The number of aromatic nitrogens is 2. The van der Waals surface area contributed by atoms with Crippen LogP contribution in [0.25, 0.3) is 11.4 Å². The number of aryl methyl sites for hydroxylation is 1. The fourth-order valence-electron chi connectivity index (χ4n) is 1.90. The third-order valence-electron chi connectivity index (χ3n) is 2.78. The molecule has 0 atom stereocenters. The lowest BCUT2D eigenvalue weighted by Gasteiger charge is -2.12. The molecule has 1 heterocycles. The summed E-state index contributed by atoms with van der Waals surface area (Å²) in [6.45, 7) is 5.12. The maximum atomic E-state index is 4.72. The lowest BCUT2D eigenvalue weighted by atomic mass is 10.2. The second-order valence-corrected chi connectivity index (χ2v) is 5.38. The Hall–Kier alpha value is -1.17. The molecular weight excluding hydrogens is 349 g/mol. The maximum Gasteiger partial charge on any atom is 0.161 e. The summed E-state index contributed by atoms with van der Waals surface area (Å²) in [5, 5.41) is 3.33. The molecule has 0 saturated heterocycles. The van der Waals surface area contributed by atoms with E-state index in [4.69, 9.17) is 4.98 Å². The van der Waals surface area contributed by atoms with E-state index in [1.54, 1.807) is 0 Å². The Morgan fingerprint density at radius 1 is 1.11 bits per heavy atom. The van der Waals surface area contributed by atoms with Crippen LogP contribution >= 0.6 is 22.6 Å². The summed E-state index contributed by atoms with van der Waals surface area (Å²) >= 11 is 2.34. The van der Waals surface area contributed by atoms with Crippen molar-refractivity contribution in [2.45, 2.75) is 26.7 Å². The standard InChI is InChI=1S/C15H18IN3/c1-3-8-12-13(16)15(17-4-2)19-14(18-12)11-9-6-5-7-10-11/h5-7,9-10H,3-4,8H2,1-2H3,(H,17,18,19). The Bertz CT molecular complexity index is 513. The average molecular weight is 367 g/mol. The van der Waals surface area contributed by atoms with Crippen LogP contribution in [-0.2, 0) is 6.42 Å². The highest BCUT2D eigenvalue weighted by atomic mass is 127. The van der Waals surface area contributed by atoms with E-state index < -0.39 is 0 Å². The number of nitrogens with zero attached hydrogens (tertiary/aromatic N) is 2. The number of anilines is 1. The van der Waals surface area contributed by atoms with E-state index in [1.807, 2.05) is 30.3 Å². The zero-order valence-corrected chi connectivity index (χ0v) is 13.4. The zero-order valence-electron chi connectivity index (χ0n) is 11.3.